The third-order valence-corrected chi connectivity index (χ3v) is 8.08. The van der Waals surface area contributed by atoms with Gasteiger partial charge in [-0.25, -0.2) is 9.78 Å². The molecule has 1 aliphatic heterocycles. The summed E-state index contributed by atoms with van der Waals surface area (Å²) in [7, 11) is 1.35. The van der Waals surface area contributed by atoms with Crippen molar-refractivity contribution >= 4 is 23.3 Å². The van der Waals surface area contributed by atoms with E-state index in [1.165, 1.54) is 25.6 Å². The molecule has 1 aliphatic carbocycles. The van der Waals surface area contributed by atoms with Crippen molar-refractivity contribution in [3.05, 3.63) is 72.4 Å². The van der Waals surface area contributed by atoms with Crippen molar-refractivity contribution in [2.24, 2.45) is 0 Å². The Morgan fingerprint density at radius 2 is 1.82 bits per heavy atom. The summed E-state index contributed by atoms with van der Waals surface area (Å²) in [4.78, 5) is 18.7. The summed E-state index contributed by atoms with van der Waals surface area (Å²) in [5, 5.41) is 19.7. The van der Waals surface area contributed by atoms with E-state index in [2.05, 4.69) is 57.0 Å². The summed E-state index contributed by atoms with van der Waals surface area (Å²) in [6.45, 7) is 4.32. The lowest BCUT2D eigenvalue weighted by Crippen LogP contribution is -2.61. The van der Waals surface area contributed by atoms with E-state index in [1.807, 2.05) is 48.7 Å². The van der Waals surface area contributed by atoms with Crippen LogP contribution in [-0.4, -0.2) is 48.9 Å². The van der Waals surface area contributed by atoms with Gasteiger partial charge in [-0.1, -0.05) is 25.0 Å². The first-order valence-corrected chi connectivity index (χ1v) is 14.2. The second-order valence-electron chi connectivity index (χ2n) is 11.2. The molecule has 0 bridgehead atoms. The lowest BCUT2D eigenvalue weighted by Gasteiger charge is -2.46. The molecule has 1 amide bonds. The van der Waals surface area contributed by atoms with E-state index in [4.69, 9.17) is 10.00 Å². The van der Waals surface area contributed by atoms with E-state index in [9.17, 15) is 4.79 Å². The van der Waals surface area contributed by atoms with Crippen molar-refractivity contribution in [1.82, 2.24) is 10.3 Å². The number of amides is 1. The van der Waals surface area contributed by atoms with Crippen LogP contribution in [0.2, 0.25) is 0 Å². The zero-order valence-corrected chi connectivity index (χ0v) is 23.3. The molecule has 2 aliphatic rings. The smallest absolute Gasteiger partial charge is 0.411 e. The predicted octanol–water partition coefficient (Wildman–Crippen LogP) is 6.17. The lowest BCUT2D eigenvalue weighted by molar-refractivity contribution is 0.187. The Labute approximate surface area is 236 Å². The Morgan fingerprint density at radius 3 is 2.60 bits per heavy atom. The number of hydrogen-bond acceptors (Lipinski definition) is 7. The van der Waals surface area contributed by atoms with Crippen LogP contribution in [0.15, 0.2) is 66.9 Å². The third-order valence-electron chi connectivity index (χ3n) is 8.08. The van der Waals surface area contributed by atoms with Crippen LogP contribution in [0, 0.1) is 11.3 Å². The van der Waals surface area contributed by atoms with E-state index in [1.54, 1.807) is 0 Å². The number of pyridine rings is 1. The minimum atomic E-state index is -0.489. The number of carbonyl (C=O) groups is 1. The Bertz CT molecular complexity index is 1350. The molecule has 2 aromatic carbocycles. The molecule has 0 radical (unpaired) electrons. The second-order valence-corrected chi connectivity index (χ2v) is 11.2. The Morgan fingerprint density at radius 1 is 1.05 bits per heavy atom. The molecular formula is C32H38N6O2. The van der Waals surface area contributed by atoms with E-state index in [0.29, 0.717) is 17.3 Å². The number of rotatable bonds is 7. The van der Waals surface area contributed by atoms with Crippen LogP contribution in [0.4, 0.5) is 22.0 Å². The molecule has 8 heteroatoms. The van der Waals surface area contributed by atoms with Crippen LogP contribution in [-0.2, 0) is 4.74 Å². The quantitative estimate of drug-likeness (QED) is 0.331. The van der Waals surface area contributed by atoms with Gasteiger partial charge in [0.05, 0.1) is 18.7 Å². The molecule has 2 fully saturated rings. The molecular weight excluding hydrogens is 500 g/mol. The fourth-order valence-corrected chi connectivity index (χ4v) is 6.07. The van der Waals surface area contributed by atoms with Gasteiger partial charge in [0, 0.05) is 48.3 Å². The van der Waals surface area contributed by atoms with Crippen molar-refractivity contribution < 1.29 is 9.53 Å². The Kier molecular flexibility index (Phi) is 8.51. The number of carbonyl (C=O) groups excluding carboxylic acids is 1. The lowest BCUT2D eigenvalue weighted by atomic mass is 9.84. The molecule has 3 atom stereocenters. The molecule has 208 valence electrons. The normalized spacial score (nSPS) is 22.7. The van der Waals surface area contributed by atoms with E-state index >= 15 is 0 Å². The number of anilines is 3. The maximum absolute atomic E-state index is 11.6. The van der Waals surface area contributed by atoms with Gasteiger partial charge in [-0.05, 0) is 92.3 Å². The van der Waals surface area contributed by atoms with Crippen molar-refractivity contribution in [3.8, 4) is 17.2 Å². The van der Waals surface area contributed by atoms with Gasteiger partial charge >= 0.3 is 6.09 Å². The first-order valence-electron chi connectivity index (χ1n) is 14.2. The summed E-state index contributed by atoms with van der Waals surface area (Å²) >= 11 is 0. The van der Waals surface area contributed by atoms with Crippen LogP contribution < -0.4 is 20.9 Å². The summed E-state index contributed by atoms with van der Waals surface area (Å²) in [6.07, 6.45) is 8.25. The number of nitrogens with one attached hydrogen (secondary N) is 3. The maximum atomic E-state index is 11.6. The van der Waals surface area contributed by atoms with Crippen LogP contribution in [0.25, 0.3) is 11.1 Å². The minimum absolute atomic E-state index is 0.00353. The molecule has 5 rings (SSSR count). The first kappa shape index (κ1) is 27.5. The predicted molar refractivity (Wildman–Crippen MR) is 160 cm³/mol. The largest absolute Gasteiger partial charge is 0.453 e. The molecule has 1 saturated heterocycles. The summed E-state index contributed by atoms with van der Waals surface area (Å²) < 4.78 is 4.72. The monoisotopic (exact) mass is 538 g/mol. The molecule has 1 saturated carbocycles. The number of ether oxygens (including phenoxy) is 1. The van der Waals surface area contributed by atoms with Gasteiger partial charge in [-0.15, -0.1) is 0 Å². The highest BCUT2D eigenvalue weighted by Crippen LogP contribution is 2.31. The van der Waals surface area contributed by atoms with Crippen LogP contribution in [0.5, 0.6) is 0 Å². The molecule has 3 aromatic rings. The van der Waals surface area contributed by atoms with E-state index in [0.717, 1.165) is 55.7 Å². The van der Waals surface area contributed by atoms with Gasteiger partial charge in [-0.3, -0.25) is 5.32 Å². The number of methoxy groups -OCH3 is 1. The topological polar surface area (TPSA) is 102 Å². The average Bonchev–Trinajstić information content (AvgIpc) is 2.98. The first-order chi connectivity index (χ1) is 19.4. The molecule has 0 unspecified atom stereocenters. The number of nitriles is 1. The number of hydrogen-bond donors (Lipinski definition) is 3. The van der Waals surface area contributed by atoms with E-state index in [-0.39, 0.29) is 11.6 Å². The standard InChI is InChI=1S/C32H38N6O2/c1-32(16-6-18-38(22-32)27-13-11-23(21-33)12-14-27)37-29-10-4-3-9-28(29)36-30-20-25(15-17-34-30)24-7-5-8-26(19-24)35-31(39)40-2/h5,7-8,11-15,17,19-20,28-29,37H,3-4,6,9-10,16,18,22H2,1-2H3,(H,34,36)(H,35,39)/t28-,29-,32+/m1/s1. The maximum Gasteiger partial charge on any atom is 0.411 e. The molecule has 0 spiro atoms. The zero-order chi connectivity index (χ0) is 28.0. The van der Waals surface area contributed by atoms with Crippen LogP contribution >= 0.6 is 0 Å². The van der Waals surface area contributed by atoms with Crippen molar-refractivity contribution in [3.63, 3.8) is 0 Å². The van der Waals surface area contributed by atoms with Gasteiger partial charge in [-0.2, -0.15) is 5.26 Å². The summed E-state index contributed by atoms with van der Waals surface area (Å²) in [5.41, 5.74) is 4.58. The third kappa shape index (κ3) is 6.72. The van der Waals surface area contributed by atoms with Crippen molar-refractivity contribution in [2.45, 2.75) is 63.1 Å². The average molecular weight is 539 g/mol. The molecule has 2 heterocycles. The van der Waals surface area contributed by atoms with Gasteiger partial charge in [0.25, 0.3) is 0 Å². The molecule has 1 aromatic heterocycles. The summed E-state index contributed by atoms with van der Waals surface area (Å²) in [5.74, 6) is 0.857. The van der Waals surface area contributed by atoms with Gasteiger partial charge < -0.3 is 20.3 Å². The Hall–Kier alpha value is -4.09. The minimum Gasteiger partial charge on any atom is -0.453 e. The molecule has 40 heavy (non-hydrogen) atoms. The zero-order valence-electron chi connectivity index (χ0n) is 23.3. The SMILES string of the molecule is COC(=O)Nc1cccc(-c2ccnc(N[C@@H]3CCCC[C@H]3N[C@@]3(C)CCCN(c4ccc(C#N)cc4)C3)c2)c1. The van der Waals surface area contributed by atoms with Gasteiger partial charge in [0.15, 0.2) is 0 Å². The van der Waals surface area contributed by atoms with Crippen molar-refractivity contribution in [2.75, 3.05) is 35.7 Å². The number of nitrogens with zero attached hydrogens (tertiary/aromatic N) is 3. The fourth-order valence-electron chi connectivity index (χ4n) is 6.07. The van der Waals surface area contributed by atoms with E-state index < -0.39 is 6.09 Å². The van der Waals surface area contributed by atoms with Gasteiger partial charge in [0.1, 0.15) is 5.82 Å². The number of benzene rings is 2. The molecule has 3 N–H and O–H groups in total. The summed E-state index contributed by atoms with van der Waals surface area (Å²) in [6, 6.07) is 22.6. The second kappa shape index (κ2) is 12.4. The highest BCUT2D eigenvalue weighted by Gasteiger charge is 2.36. The Balaban J connectivity index is 1.27. The molecule has 8 nitrogen and oxygen atoms in total. The highest BCUT2D eigenvalue weighted by molar-refractivity contribution is 5.86. The van der Waals surface area contributed by atoms with Gasteiger partial charge in [0.2, 0.25) is 0 Å². The van der Waals surface area contributed by atoms with Crippen molar-refractivity contribution in [1.29, 1.82) is 5.26 Å². The number of aromatic nitrogens is 1. The fraction of sp³-hybridized carbons (Fsp3) is 0.406. The van der Waals surface area contributed by atoms with Crippen LogP contribution in [0.3, 0.4) is 0 Å². The number of piperidine rings is 1. The highest BCUT2D eigenvalue weighted by atomic mass is 16.5. The van der Waals surface area contributed by atoms with Crippen LogP contribution in [0.1, 0.15) is 51.0 Å².